The molecule has 3 N–H and O–H groups in total. The van der Waals surface area contributed by atoms with Gasteiger partial charge in [-0.15, -0.1) is 0 Å². The van der Waals surface area contributed by atoms with Crippen LogP contribution in [-0.2, 0) is 14.4 Å². The van der Waals surface area contributed by atoms with Gasteiger partial charge in [0.2, 0.25) is 18.2 Å². The summed E-state index contributed by atoms with van der Waals surface area (Å²) in [7, 11) is 0. The molecule has 3 amide bonds. The molecule has 7 nitrogen and oxygen atoms in total. The summed E-state index contributed by atoms with van der Waals surface area (Å²) < 4.78 is 21.5. The van der Waals surface area contributed by atoms with Crippen molar-refractivity contribution in [3.05, 3.63) is 104 Å². The normalized spacial score (nSPS) is 18.7. The lowest BCUT2D eigenvalue weighted by Gasteiger charge is -2.42. The van der Waals surface area contributed by atoms with E-state index >= 15 is 0 Å². The molecule has 3 atom stereocenters. The minimum atomic E-state index is -0.823. The molecule has 0 aromatic heterocycles. The third-order valence-corrected chi connectivity index (χ3v) is 9.27. The van der Waals surface area contributed by atoms with Crippen molar-refractivity contribution in [2.45, 2.75) is 77.4 Å². The lowest BCUT2D eigenvalue weighted by atomic mass is 9.69. The number of ether oxygens (including phenoxy) is 1. The molecule has 0 bridgehead atoms. The lowest BCUT2D eigenvalue weighted by Crippen LogP contribution is -2.43. The van der Waals surface area contributed by atoms with Crippen LogP contribution in [0.4, 0.5) is 10.1 Å². The Kier molecular flexibility index (Phi) is 10.6. The fraction of sp³-hybridized carbons (Fsp3) is 0.343. The van der Waals surface area contributed by atoms with Gasteiger partial charge in [0.25, 0.3) is 0 Å². The predicted octanol–water partition coefficient (Wildman–Crippen LogP) is 7.88. The van der Waals surface area contributed by atoms with Gasteiger partial charge in [0, 0.05) is 40.9 Å². The van der Waals surface area contributed by atoms with E-state index in [4.69, 9.17) is 33.7 Å². The quantitative estimate of drug-likeness (QED) is 0.217. The van der Waals surface area contributed by atoms with Crippen LogP contribution in [0.25, 0.3) is 0 Å². The molecule has 0 aliphatic carbocycles. The van der Waals surface area contributed by atoms with Crippen molar-refractivity contribution in [3.63, 3.8) is 0 Å². The number of halogens is 3. The monoisotopic (exact) mass is 653 g/mol. The zero-order valence-corrected chi connectivity index (χ0v) is 27.5. The molecule has 3 aromatic rings. The van der Waals surface area contributed by atoms with Crippen molar-refractivity contribution in [1.29, 1.82) is 0 Å². The average Bonchev–Trinajstić information content (AvgIpc) is 3.01. The predicted molar refractivity (Wildman–Crippen MR) is 176 cm³/mol. The van der Waals surface area contributed by atoms with Crippen molar-refractivity contribution in [1.82, 2.24) is 5.32 Å². The molecule has 0 radical (unpaired) electrons. The Morgan fingerprint density at radius 1 is 1.07 bits per heavy atom. The van der Waals surface area contributed by atoms with Crippen molar-refractivity contribution in [3.8, 4) is 5.75 Å². The molecule has 0 saturated carbocycles. The first-order chi connectivity index (χ1) is 21.4. The molecular formula is C35H38Cl2FN3O4. The Balaban J connectivity index is 2.05. The van der Waals surface area contributed by atoms with E-state index in [1.807, 2.05) is 33.8 Å². The molecular weight excluding hydrogens is 616 g/mol. The second-order valence-electron chi connectivity index (χ2n) is 11.3. The van der Waals surface area contributed by atoms with Crippen molar-refractivity contribution >= 4 is 47.1 Å². The molecule has 3 unspecified atom stereocenters. The SMILES string of the molecule is C/C=C(\N)C(CC)(CC)Oc1ccc(Cl)cc1C1CC(=O)NC(c2cc(F)ccc2C)C1c1ccc(Cl)cc1N(C=O)C(C)=O. The molecule has 1 heterocycles. The summed E-state index contributed by atoms with van der Waals surface area (Å²) >= 11 is 13.0. The Bertz CT molecular complexity index is 1640. The van der Waals surface area contributed by atoms with Crippen LogP contribution in [0.5, 0.6) is 5.75 Å². The number of nitrogens with one attached hydrogen (secondary N) is 1. The number of rotatable bonds is 10. The Labute approximate surface area is 273 Å². The molecule has 3 aromatic carbocycles. The standard InChI is InChI=1S/C35H38Cl2FN3O4/c1-6-31(39)35(7-2,8-3)45-30-14-11-22(36)15-27(30)28-18-32(44)40-34(26-17-24(38)12-9-20(26)4)33(28)25-13-10-23(37)16-29(25)41(19-42)21(5)43/h6,9-17,19,28,33-34H,7-8,18,39H2,1-5H3,(H,40,44)/b31-6-. The second-order valence-corrected chi connectivity index (χ2v) is 12.2. The van der Waals surface area contributed by atoms with E-state index in [1.54, 1.807) is 36.4 Å². The highest BCUT2D eigenvalue weighted by Crippen LogP contribution is 2.52. The van der Waals surface area contributed by atoms with Crippen LogP contribution in [0.3, 0.4) is 0 Å². The molecule has 1 fully saturated rings. The first-order valence-corrected chi connectivity index (χ1v) is 15.7. The lowest BCUT2D eigenvalue weighted by molar-refractivity contribution is -0.124. The third-order valence-electron chi connectivity index (χ3n) is 8.80. The minimum Gasteiger partial charge on any atom is -0.481 e. The van der Waals surface area contributed by atoms with Gasteiger partial charge in [-0.3, -0.25) is 19.3 Å². The van der Waals surface area contributed by atoms with E-state index in [0.29, 0.717) is 57.4 Å². The van der Waals surface area contributed by atoms with E-state index in [0.717, 1.165) is 10.5 Å². The van der Waals surface area contributed by atoms with Gasteiger partial charge in [-0.25, -0.2) is 4.39 Å². The van der Waals surface area contributed by atoms with Crippen LogP contribution >= 0.6 is 23.2 Å². The summed E-state index contributed by atoms with van der Waals surface area (Å²) in [6.07, 6.45) is 3.42. The van der Waals surface area contributed by atoms with Crippen LogP contribution in [0, 0.1) is 12.7 Å². The van der Waals surface area contributed by atoms with Crippen molar-refractivity contribution < 1.29 is 23.5 Å². The van der Waals surface area contributed by atoms with E-state index in [1.165, 1.54) is 25.1 Å². The number of carbonyl (C=O) groups excluding carboxylic acids is 3. The Morgan fingerprint density at radius 3 is 2.36 bits per heavy atom. The van der Waals surface area contributed by atoms with E-state index in [9.17, 15) is 18.8 Å². The van der Waals surface area contributed by atoms with Crippen LogP contribution < -0.4 is 20.7 Å². The summed E-state index contributed by atoms with van der Waals surface area (Å²) in [6, 6.07) is 13.8. The fourth-order valence-electron chi connectivity index (χ4n) is 6.34. The van der Waals surface area contributed by atoms with E-state index < -0.39 is 35.2 Å². The summed E-state index contributed by atoms with van der Waals surface area (Å²) in [5.74, 6) is -2.00. The van der Waals surface area contributed by atoms with Crippen LogP contribution in [0.1, 0.15) is 87.1 Å². The van der Waals surface area contributed by atoms with Crippen molar-refractivity contribution in [2.75, 3.05) is 4.90 Å². The van der Waals surface area contributed by atoms with Crippen LogP contribution in [0.15, 0.2) is 66.4 Å². The number of hydrogen-bond donors (Lipinski definition) is 2. The number of allylic oxidation sites excluding steroid dienone is 1. The molecule has 45 heavy (non-hydrogen) atoms. The molecule has 1 saturated heterocycles. The number of carbonyl (C=O) groups is 3. The smallest absolute Gasteiger partial charge is 0.230 e. The molecule has 238 valence electrons. The summed E-state index contributed by atoms with van der Waals surface area (Å²) in [5.41, 5.74) is 8.99. The maximum Gasteiger partial charge on any atom is 0.230 e. The summed E-state index contributed by atoms with van der Waals surface area (Å²) in [4.78, 5) is 39.4. The topological polar surface area (TPSA) is 102 Å². The van der Waals surface area contributed by atoms with Gasteiger partial charge in [0.15, 0.2) is 0 Å². The number of anilines is 1. The second kappa shape index (κ2) is 14.0. The average molecular weight is 655 g/mol. The van der Waals surface area contributed by atoms with Gasteiger partial charge < -0.3 is 15.8 Å². The zero-order chi connectivity index (χ0) is 33.1. The molecule has 1 aliphatic rings. The molecule has 1 aliphatic heterocycles. The summed E-state index contributed by atoms with van der Waals surface area (Å²) in [5, 5.41) is 3.81. The number of benzene rings is 3. The minimum absolute atomic E-state index is 0.0137. The van der Waals surface area contributed by atoms with Gasteiger partial charge in [-0.05, 0) is 91.4 Å². The largest absolute Gasteiger partial charge is 0.481 e. The number of aryl methyl sites for hydroxylation is 1. The van der Waals surface area contributed by atoms with Gasteiger partial charge in [0.1, 0.15) is 17.2 Å². The Morgan fingerprint density at radius 2 is 1.73 bits per heavy atom. The maximum absolute atomic E-state index is 14.8. The van der Waals surface area contributed by atoms with Crippen LogP contribution in [0.2, 0.25) is 10.0 Å². The highest BCUT2D eigenvalue weighted by Gasteiger charge is 2.44. The van der Waals surface area contributed by atoms with Gasteiger partial charge in [0.05, 0.1) is 11.7 Å². The number of amides is 3. The molecule has 0 spiro atoms. The summed E-state index contributed by atoms with van der Waals surface area (Å²) in [6.45, 7) is 8.94. The first kappa shape index (κ1) is 34.0. The number of piperidine rings is 1. The fourth-order valence-corrected chi connectivity index (χ4v) is 6.69. The third kappa shape index (κ3) is 6.87. The number of nitrogens with two attached hydrogens (primary N) is 1. The van der Waals surface area contributed by atoms with Gasteiger partial charge in [-0.1, -0.05) is 55.3 Å². The highest BCUT2D eigenvalue weighted by molar-refractivity contribution is 6.31. The molecule has 4 rings (SSSR count). The van der Waals surface area contributed by atoms with Gasteiger partial charge >= 0.3 is 0 Å². The highest BCUT2D eigenvalue weighted by atomic mass is 35.5. The maximum atomic E-state index is 14.8. The number of nitrogens with zero attached hydrogens (tertiary/aromatic N) is 1. The zero-order valence-electron chi connectivity index (χ0n) is 26.0. The number of imide groups is 1. The Hall–Kier alpha value is -3.88. The first-order valence-electron chi connectivity index (χ1n) is 14.9. The van der Waals surface area contributed by atoms with Crippen molar-refractivity contribution in [2.24, 2.45) is 5.73 Å². The number of hydrogen-bond acceptors (Lipinski definition) is 5. The molecule has 10 heteroatoms. The van der Waals surface area contributed by atoms with Gasteiger partial charge in [-0.2, -0.15) is 0 Å². The van der Waals surface area contributed by atoms with E-state index in [2.05, 4.69) is 5.32 Å². The van der Waals surface area contributed by atoms with E-state index in [-0.39, 0.29) is 18.0 Å². The van der Waals surface area contributed by atoms with Crippen LogP contribution in [-0.4, -0.2) is 23.8 Å².